The molecule has 0 fully saturated rings. The molecule has 0 aromatic heterocycles. The van der Waals surface area contributed by atoms with E-state index >= 15 is 0 Å². The zero-order chi connectivity index (χ0) is 41.1. The van der Waals surface area contributed by atoms with E-state index in [1.807, 2.05) is 11.8 Å². The predicted octanol–water partition coefficient (Wildman–Crippen LogP) is 12.5. The van der Waals surface area contributed by atoms with Crippen molar-refractivity contribution >= 4 is 68.4 Å². The summed E-state index contributed by atoms with van der Waals surface area (Å²) in [5.74, 6) is 0. The first-order valence-corrected chi connectivity index (χ1v) is 24.2. The molecule has 10 aromatic carbocycles. The molecule has 10 aromatic rings. The lowest BCUT2D eigenvalue weighted by Crippen LogP contribution is -2.79. The number of hydrogen-bond acceptors (Lipinski definition) is 2. The summed E-state index contributed by atoms with van der Waals surface area (Å²) in [5, 5.41) is 8.11. The Morgan fingerprint density at radius 3 is 1.53 bits per heavy atom. The molecule has 1 spiro atoms. The summed E-state index contributed by atoms with van der Waals surface area (Å²) in [7, 11) is -2.85. The molecule has 3 heteroatoms. The van der Waals surface area contributed by atoms with Crippen LogP contribution in [-0.2, 0) is 5.41 Å². The SMILES string of the molecule is c1ccc(-c2ccc(N(c3ccc4c(c3)C3(c5ccccc5S4)c4ccccc4[Si](c4ccccc4)(c4ccccc4)c4ccccc43)c3cccc4ccccc34)cc2)cc1. The van der Waals surface area contributed by atoms with Gasteiger partial charge in [0.1, 0.15) is 0 Å². The molecular formula is C59H41NSSi. The summed E-state index contributed by atoms with van der Waals surface area (Å²) >= 11 is 1.90. The van der Waals surface area contributed by atoms with Crippen molar-refractivity contribution in [2.45, 2.75) is 15.2 Å². The summed E-state index contributed by atoms with van der Waals surface area (Å²) in [6, 6.07) is 93.3. The Morgan fingerprint density at radius 1 is 0.355 bits per heavy atom. The molecule has 0 radical (unpaired) electrons. The maximum Gasteiger partial charge on any atom is 0.180 e. The van der Waals surface area contributed by atoms with Crippen molar-refractivity contribution in [1.29, 1.82) is 0 Å². The van der Waals surface area contributed by atoms with Crippen molar-refractivity contribution in [3.8, 4) is 11.1 Å². The van der Waals surface area contributed by atoms with Crippen LogP contribution in [0.2, 0.25) is 0 Å². The maximum absolute atomic E-state index is 2.85. The topological polar surface area (TPSA) is 3.24 Å². The second-order valence-corrected chi connectivity index (χ2v) is 21.2. The van der Waals surface area contributed by atoms with E-state index in [1.165, 1.54) is 74.7 Å². The molecule has 1 nitrogen and oxygen atoms in total. The summed E-state index contributed by atoms with van der Waals surface area (Å²) in [5.41, 5.74) is 10.6. The lowest BCUT2D eigenvalue weighted by Gasteiger charge is -2.51. The Morgan fingerprint density at radius 2 is 0.855 bits per heavy atom. The molecular weight excluding hydrogens is 783 g/mol. The Labute approximate surface area is 368 Å². The third-order valence-electron chi connectivity index (χ3n) is 13.3. The molecule has 292 valence electrons. The van der Waals surface area contributed by atoms with Gasteiger partial charge in [0, 0.05) is 26.6 Å². The monoisotopic (exact) mass is 823 g/mol. The second kappa shape index (κ2) is 14.8. The van der Waals surface area contributed by atoms with Crippen LogP contribution in [0, 0.1) is 0 Å². The standard InChI is InChI=1S/C59H41NSSi/c1-4-19-42(20-5-1)43-35-37-45(38-36-43)60(54-31-18-22-44-21-10-11-27-49(44)54)46-39-40-56-53(41-46)59(50-28-12-15-32-55(50)61-56)51-29-13-16-33-57(51)62(47-23-6-2-7-24-47,48-25-8-3-9-26-48)58-34-17-14-30-52(58)59/h1-41H. The van der Waals surface area contributed by atoms with Gasteiger partial charge < -0.3 is 4.90 Å². The Hall–Kier alpha value is -7.17. The van der Waals surface area contributed by atoms with Crippen molar-refractivity contribution in [1.82, 2.24) is 0 Å². The van der Waals surface area contributed by atoms with E-state index in [1.54, 1.807) is 0 Å². The lowest BCUT2D eigenvalue weighted by atomic mass is 9.64. The molecule has 2 heterocycles. The van der Waals surface area contributed by atoms with Crippen LogP contribution in [0.25, 0.3) is 21.9 Å². The molecule has 0 atom stereocenters. The summed E-state index contributed by atoms with van der Waals surface area (Å²) < 4.78 is 0. The molecule has 0 N–H and O–H groups in total. The first-order valence-electron chi connectivity index (χ1n) is 21.4. The van der Waals surface area contributed by atoms with E-state index in [2.05, 4.69) is 254 Å². The molecule has 62 heavy (non-hydrogen) atoms. The van der Waals surface area contributed by atoms with Gasteiger partial charge in [0.2, 0.25) is 0 Å². The van der Waals surface area contributed by atoms with E-state index in [0.717, 1.165) is 17.1 Å². The van der Waals surface area contributed by atoms with Gasteiger partial charge in [0.05, 0.1) is 11.1 Å². The second-order valence-electron chi connectivity index (χ2n) is 16.3. The minimum atomic E-state index is -2.85. The van der Waals surface area contributed by atoms with Gasteiger partial charge in [-0.2, -0.15) is 0 Å². The number of benzene rings is 10. The van der Waals surface area contributed by atoms with Crippen LogP contribution in [0.1, 0.15) is 22.3 Å². The number of anilines is 3. The molecule has 2 aliphatic heterocycles. The van der Waals surface area contributed by atoms with Gasteiger partial charge in [-0.3, -0.25) is 0 Å². The zero-order valence-electron chi connectivity index (χ0n) is 34.0. The van der Waals surface area contributed by atoms with E-state index in [4.69, 9.17) is 0 Å². The van der Waals surface area contributed by atoms with Crippen LogP contribution in [0.5, 0.6) is 0 Å². The van der Waals surface area contributed by atoms with Crippen molar-refractivity contribution in [2.24, 2.45) is 0 Å². The van der Waals surface area contributed by atoms with Crippen LogP contribution in [0.15, 0.2) is 259 Å². The van der Waals surface area contributed by atoms with Gasteiger partial charge in [-0.05, 0) is 102 Å². The van der Waals surface area contributed by atoms with Crippen LogP contribution >= 0.6 is 11.8 Å². The highest BCUT2D eigenvalue weighted by molar-refractivity contribution is 7.99. The van der Waals surface area contributed by atoms with E-state index in [9.17, 15) is 0 Å². The van der Waals surface area contributed by atoms with E-state index in [-0.39, 0.29) is 0 Å². The number of hydrogen-bond donors (Lipinski definition) is 0. The largest absolute Gasteiger partial charge is 0.310 e. The minimum Gasteiger partial charge on any atom is -0.310 e. The van der Waals surface area contributed by atoms with Gasteiger partial charge in [-0.15, -0.1) is 0 Å². The number of nitrogens with zero attached hydrogens (tertiary/aromatic N) is 1. The number of rotatable bonds is 6. The van der Waals surface area contributed by atoms with Crippen LogP contribution in [-0.4, -0.2) is 8.07 Å². The van der Waals surface area contributed by atoms with E-state index < -0.39 is 13.5 Å². The fraction of sp³-hybridized carbons (Fsp3) is 0.0169. The van der Waals surface area contributed by atoms with Gasteiger partial charge in [0.25, 0.3) is 0 Å². The predicted molar refractivity (Wildman–Crippen MR) is 264 cm³/mol. The van der Waals surface area contributed by atoms with Crippen LogP contribution in [0.3, 0.4) is 0 Å². The highest BCUT2D eigenvalue weighted by Crippen LogP contribution is 2.57. The first kappa shape index (κ1) is 36.7. The Balaban J connectivity index is 1.17. The Kier molecular flexibility index (Phi) is 8.74. The average molecular weight is 824 g/mol. The van der Waals surface area contributed by atoms with Gasteiger partial charge in [0.15, 0.2) is 8.07 Å². The van der Waals surface area contributed by atoms with Crippen molar-refractivity contribution in [2.75, 3.05) is 4.90 Å². The molecule has 0 aliphatic carbocycles. The van der Waals surface area contributed by atoms with Crippen molar-refractivity contribution < 1.29 is 0 Å². The van der Waals surface area contributed by atoms with Crippen molar-refractivity contribution in [3.63, 3.8) is 0 Å². The molecule has 0 saturated heterocycles. The Bertz CT molecular complexity index is 3180. The average Bonchev–Trinajstić information content (AvgIpc) is 3.35. The molecule has 2 aliphatic rings. The van der Waals surface area contributed by atoms with Gasteiger partial charge in [-0.25, -0.2) is 0 Å². The smallest absolute Gasteiger partial charge is 0.180 e. The fourth-order valence-electron chi connectivity index (χ4n) is 10.7. The van der Waals surface area contributed by atoms with Crippen LogP contribution in [0.4, 0.5) is 17.1 Å². The molecule has 12 rings (SSSR count). The fourth-order valence-corrected chi connectivity index (χ4v) is 17.2. The molecule has 0 bridgehead atoms. The van der Waals surface area contributed by atoms with E-state index in [0.29, 0.717) is 0 Å². The normalized spacial score (nSPS) is 14.0. The van der Waals surface area contributed by atoms with Crippen molar-refractivity contribution in [3.05, 3.63) is 271 Å². The lowest BCUT2D eigenvalue weighted by molar-refractivity contribution is 0.707. The third kappa shape index (κ3) is 5.42. The highest BCUT2D eigenvalue weighted by atomic mass is 32.2. The maximum atomic E-state index is 2.53. The summed E-state index contributed by atoms with van der Waals surface area (Å²) in [4.78, 5) is 5.06. The summed E-state index contributed by atoms with van der Waals surface area (Å²) in [6.07, 6.45) is 0. The molecule has 0 saturated carbocycles. The van der Waals surface area contributed by atoms with Gasteiger partial charge in [-0.1, -0.05) is 218 Å². The number of fused-ring (bicyclic) bond motifs is 9. The minimum absolute atomic E-state index is 0.595. The summed E-state index contributed by atoms with van der Waals surface area (Å²) in [6.45, 7) is 0. The first-order chi connectivity index (χ1) is 30.8. The third-order valence-corrected chi connectivity index (χ3v) is 19.3. The quantitative estimate of drug-likeness (QED) is 0.154. The molecule has 0 amide bonds. The van der Waals surface area contributed by atoms with Crippen LogP contribution < -0.4 is 25.6 Å². The highest BCUT2D eigenvalue weighted by Gasteiger charge is 2.57. The zero-order valence-corrected chi connectivity index (χ0v) is 35.8. The van der Waals surface area contributed by atoms with Gasteiger partial charge >= 0.3 is 0 Å². The molecule has 0 unspecified atom stereocenters.